The molecule has 0 amide bonds. The third-order valence-electron chi connectivity index (χ3n) is 7.48. The van der Waals surface area contributed by atoms with Crippen LogP contribution in [0.5, 0.6) is 0 Å². The number of sulfone groups is 1. The number of piperazine rings is 1. The van der Waals surface area contributed by atoms with E-state index in [0.29, 0.717) is 29.7 Å². The lowest BCUT2D eigenvalue weighted by Crippen LogP contribution is -2.59. The summed E-state index contributed by atoms with van der Waals surface area (Å²) in [6.07, 6.45) is 4.41. The molecule has 0 spiro atoms. The van der Waals surface area contributed by atoms with Crippen LogP contribution in [0.3, 0.4) is 0 Å². The van der Waals surface area contributed by atoms with Crippen LogP contribution in [0.15, 0.2) is 40.2 Å². The van der Waals surface area contributed by atoms with Crippen molar-refractivity contribution < 1.29 is 12.8 Å². The quantitative estimate of drug-likeness (QED) is 0.464. The van der Waals surface area contributed by atoms with E-state index in [1.807, 2.05) is 6.92 Å². The SMILES string of the molecule is CC[C@H]1CN(C(C)c2ccc(F)cc2S(C)(=O)=O)[C@H](CC)CN1c1cc(=O)n(C)c2cn(CC#N)nc12. The molecule has 3 heterocycles. The van der Waals surface area contributed by atoms with E-state index in [1.54, 1.807) is 30.1 Å². The van der Waals surface area contributed by atoms with Crippen molar-refractivity contribution in [3.8, 4) is 6.07 Å². The molecule has 1 aliphatic heterocycles. The Labute approximate surface area is 216 Å². The Morgan fingerprint density at radius 3 is 2.51 bits per heavy atom. The molecule has 0 radical (unpaired) electrons. The smallest absolute Gasteiger partial charge is 0.252 e. The van der Waals surface area contributed by atoms with Gasteiger partial charge in [-0.25, -0.2) is 12.8 Å². The first-order valence-corrected chi connectivity index (χ1v) is 14.3. The zero-order chi connectivity index (χ0) is 27.1. The zero-order valence-electron chi connectivity index (χ0n) is 21.8. The number of nitriles is 1. The molecule has 0 aliphatic carbocycles. The molecule has 1 aromatic carbocycles. The highest BCUT2D eigenvalue weighted by Gasteiger charge is 2.37. The number of aryl methyl sites for hydroxylation is 1. The number of anilines is 1. The standard InChI is InChI=1S/C26H33FN6O3S/c1-6-19-15-33(22-13-25(34)30(4)23-16-31(11-10-28)29-26(22)23)20(7-2)14-32(19)17(3)21-9-8-18(27)12-24(21)37(5,35)36/h8-9,12-13,16-17,19-20H,6-7,11,14-15H2,1-5H3/t17?,19-,20+/m1/s1. The third-order valence-corrected chi connectivity index (χ3v) is 8.64. The molecule has 1 saturated heterocycles. The minimum Gasteiger partial charge on any atom is -0.364 e. The second kappa shape index (κ2) is 10.3. The molecule has 4 rings (SSSR count). The van der Waals surface area contributed by atoms with Crippen molar-refractivity contribution in [3.05, 3.63) is 52.2 Å². The first kappa shape index (κ1) is 26.8. The van der Waals surface area contributed by atoms with Crippen molar-refractivity contribution in [1.82, 2.24) is 19.2 Å². The molecule has 198 valence electrons. The maximum Gasteiger partial charge on any atom is 0.252 e. The van der Waals surface area contributed by atoms with Gasteiger partial charge in [0.15, 0.2) is 9.84 Å². The molecule has 0 bridgehead atoms. The molecule has 37 heavy (non-hydrogen) atoms. The lowest BCUT2D eigenvalue weighted by Gasteiger charge is -2.49. The molecule has 3 aromatic rings. The Kier molecular flexibility index (Phi) is 7.44. The number of rotatable bonds is 7. The van der Waals surface area contributed by atoms with Gasteiger partial charge in [-0.1, -0.05) is 19.9 Å². The van der Waals surface area contributed by atoms with E-state index in [4.69, 9.17) is 5.26 Å². The number of halogens is 1. The van der Waals surface area contributed by atoms with Crippen LogP contribution in [0.1, 0.15) is 45.2 Å². The fourth-order valence-electron chi connectivity index (χ4n) is 5.42. The Morgan fingerprint density at radius 2 is 1.89 bits per heavy atom. The van der Waals surface area contributed by atoms with Crippen molar-refractivity contribution in [3.63, 3.8) is 0 Å². The first-order valence-electron chi connectivity index (χ1n) is 12.5. The van der Waals surface area contributed by atoms with Gasteiger partial charge in [0.25, 0.3) is 5.56 Å². The summed E-state index contributed by atoms with van der Waals surface area (Å²) < 4.78 is 42.0. The fraction of sp³-hybridized carbons (Fsp3) is 0.500. The molecular formula is C26H33FN6O3S. The highest BCUT2D eigenvalue weighted by Crippen LogP contribution is 2.36. The van der Waals surface area contributed by atoms with Crippen molar-refractivity contribution >= 4 is 26.6 Å². The molecule has 1 fully saturated rings. The largest absolute Gasteiger partial charge is 0.364 e. The number of hydrogen-bond acceptors (Lipinski definition) is 7. The van der Waals surface area contributed by atoms with E-state index in [2.05, 4.69) is 34.8 Å². The molecule has 0 saturated carbocycles. The van der Waals surface area contributed by atoms with E-state index in [0.717, 1.165) is 30.9 Å². The van der Waals surface area contributed by atoms with Gasteiger partial charge in [0.2, 0.25) is 0 Å². The minimum absolute atomic E-state index is 0.0154. The van der Waals surface area contributed by atoms with Gasteiger partial charge in [-0.05, 0) is 37.5 Å². The van der Waals surface area contributed by atoms with Crippen LogP contribution in [0, 0.1) is 17.1 Å². The zero-order valence-corrected chi connectivity index (χ0v) is 22.7. The molecule has 1 unspecified atom stereocenters. The van der Waals surface area contributed by atoms with Crippen molar-refractivity contribution in [1.29, 1.82) is 5.26 Å². The summed E-state index contributed by atoms with van der Waals surface area (Å²) in [6, 6.07) is 7.51. The molecule has 1 aliphatic rings. The van der Waals surface area contributed by atoms with Gasteiger partial charge >= 0.3 is 0 Å². The number of hydrogen-bond donors (Lipinski definition) is 0. The van der Waals surface area contributed by atoms with Crippen molar-refractivity contribution in [2.24, 2.45) is 7.05 Å². The average molecular weight is 529 g/mol. The summed E-state index contributed by atoms with van der Waals surface area (Å²) in [5.74, 6) is -0.579. The topological polar surface area (TPSA) is 104 Å². The van der Waals surface area contributed by atoms with E-state index in [9.17, 15) is 17.6 Å². The second-order valence-corrected chi connectivity index (χ2v) is 11.7. The van der Waals surface area contributed by atoms with E-state index >= 15 is 0 Å². The van der Waals surface area contributed by atoms with Gasteiger partial charge in [0.05, 0.1) is 28.4 Å². The lowest BCUT2D eigenvalue weighted by atomic mass is 9.96. The van der Waals surface area contributed by atoms with Gasteiger partial charge in [-0.15, -0.1) is 0 Å². The predicted octanol–water partition coefficient (Wildman–Crippen LogP) is 3.24. The maximum absolute atomic E-state index is 14.0. The van der Waals surface area contributed by atoms with Gasteiger partial charge < -0.3 is 9.47 Å². The van der Waals surface area contributed by atoms with Crippen molar-refractivity contribution in [2.45, 2.75) is 63.2 Å². The molecule has 0 N–H and O–H groups in total. The van der Waals surface area contributed by atoms with Gasteiger partial charge in [0, 0.05) is 50.6 Å². The van der Waals surface area contributed by atoms with Crippen LogP contribution in [0.2, 0.25) is 0 Å². The van der Waals surface area contributed by atoms with E-state index in [1.165, 1.54) is 10.6 Å². The predicted molar refractivity (Wildman–Crippen MR) is 141 cm³/mol. The molecule has 3 atom stereocenters. The lowest BCUT2D eigenvalue weighted by molar-refractivity contribution is 0.0998. The highest BCUT2D eigenvalue weighted by atomic mass is 32.2. The van der Waals surface area contributed by atoms with Gasteiger partial charge in [-0.3, -0.25) is 14.4 Å². The molecular weight excluding hydrogens is 495 g/mol. The normalized spacial score (nSPS) is 19.8. The summed E-state index contributed by atoms with van der Waals surface area (Å²) >= 11 is 0. The van der Waals surface area contributed by atoms with Crippen LogP contribution in [0.25, 0.3) is 11.0 Å². The monoisotopic (exact) mass is 528 g/mol. The summed E-state index contributed by atoms with van der Waals surface area (Å²) in [5.41, 5.74) is 2.51. The Balaban J connectivity index is 1.76. The second-order valence-electron chi connectivity index (χ2n) is 9.75. The van der Waals surface area contributed by atoms with Crippen LogP contribution in [0.4, 0.5) is 10.1 Å². The third kappa shape index (κ3) is 5.00. The summed E-state index contributed by atoms with van der Waals surface area (Å²) in [5, 5.41) is 13.8. The average Bonchev–Trinajstić information content (AvgIpc) is 3.29. The summed E-state index contributed by atoms with van der Waals surface area (Å²) in [6.45, 7) is 7.46. The number of nitrogens with zero attached hydrogens (tertiary/aromatic N) is 6. The van der Waals surface area contributed by atoms with E-state index < -0.39 is 15.7 Å². The Hall–Kier alpha value is -3.23. The van der Waals surface area contributed by atoms with E-state index in [-0.39, 0.29) is 35.1 Å². The summed E-state index contributed by atoms with van der Waals surface area (Å²) in [7, 11) is -1.92. The number of fused-ring (bicyclic) bond motifs is 1. The highest BCUT2D eigenvalue weighted by molar-refractivity contribution is 7.90. The van der Waals surface area contributed by atoms with Crippen LogP contribution < -0.4 is 10.5 Å². The summed E-state index contributed by atoms with van der Waals surface area (Å²) in [4.78, 5) is 17.4. The molecule has 11 heteroatoms. The first-order chi connectivity index (χ1) is 17.5. The van der Waals surface area contributed by atoms with Crippen LogP contribution in [-0.2, 0) is 23.4 Å². The fourth-order valence-corrected chi connectivity index (χ4v) is 6.41. The van der Waals surface area contributed by atoms with Crippen LogP contribution >= 0.6 is 0 Å². The molecule has 2 aromatic heterocycles. The maximum atomic E-state index is 14.0. The number of benzene rings is 1. The van der Waals surface area contributed by atoms with Gasteiger partial charge in [0.1, 0.15) is 17.9 Å². The molecule has 9 nitrogen and oxygen atoms in total. The Bertz CT molecular complexity index is 1520. The Morgan fingerprint density at radius 1 is 1.19 bits per heavy atom. The number of aromatic nitrogens is 3. The minimum atomic E-state index is -3.62. The van der Waals surface area contributed by atoms with Crippen LogP contribution in [-0.4, -0.2) is 59.1 Å². The van der Waals surface area contributed by atoms with Gasteiger partial charge in [-0.2, -0.15) is 10.4 Å². The number of pyridine rings is 1. The van der Waals surface area contributed by atoms with Crippen molar-refractivity contribution in [2.75, 3.05) is 24.2 Å².